The number of phenols is 1. The number of nitrogens with zero attached hydrogens (tertiary/aromatic N) is 5. The zero-order valence-electron chi connectivity index (χ0n) is 57.3. The van der Waals surface area contributed by atoms with Crippen LogP contribution in [0.2, 0.25) is 0 Å². The predicted molar refractivity (Wildman–Crippen MR) is 370 cm³/mol. The van der Waals surface area contributed by atoms with Gasteiger partial charge >= 0.3 is 23.9 Å². The second-order valence-electron chi connectivity index (χ2n) is 24.3. The van der Waals surface area contributed by atoms with Crippen molar-refractivity contribution in [1.82, 2.24) is 67.5 Å². The van der Waals surface area contributed by atoms with Gasteiger partial charge in [0.25, 0.3) is 0 Å². The number of rotatable bonds is 44. The van der Waals surface area contributed by atoms with E-state index >= 15 is 0 Å². The number of nitrogens with two attached hydrogens (primary N) is 1. The van der Waals surface area contributed by atoms with Crippen molar-refractivity contribution in [3.05, 3.63) is 95.6 Å². The van der Waals surface area contributed by atoms with Crippen LogP contribution in [0.25, 0.3) is 0 Å². The molecule has 34 nitrogen and oxygen atoms in total. The molecule has 6 atom stereocenters. The number of aliphatic hydroxyl groups is 4. The van der Waals surface area contributed by atoms with Gasteiger partial charge in [0.15, 0.2) is 5.96 Å². The number of amides is 8. The maximum atomic E-state index is 14.6. The van der Waals surface area contributed by atoms with E-state index in [1.54, 1.807) is 69.0 Å². The van der Waals surface area contributed by atoms with E-state index in [0.29, 0.717) is 63.1 Å². The summed E-state index contributed by atoms with van der Waals surface area (Å²) in [6.07, 6.45) is -3.60. The number of carbonyl (C=O) groups is 10. The van der Waals surface area contributed by atoms with Crippen molar-refractivity contribution in [1.29, 1.82) is 0 Å². The van der Waals surface area contributed by atoms with Gasteiger partial charge in [-0.15, -0.1) is 0 Å². The number of aromatic hydroxyl groups is 1. The fourth-order valence-corrected chi connectivity index (χ4v) is 10.6. The first kappa shape index (κ1) is 84.3. The van der Waals surface area contributed by atoms with Crippen LogP contribution in [0.5, 0.6) is 11.5 Å². The third-order valence-electron chi connectivity index (χ3n) is 16.1. The Hall–Kier alpha value is -9.13. The number of aliphatic imine (C=N–C) groups is 1. The summed E-state index contributed by atoms with van der Waals surface area (Å²) in [5.74, 6) is -6.61. The Morgan fingerprint density at radius 1 is 0.545 bits per heavy atom. The zero-order chi connectivity index (χ0) is 73.9. The molecule has 3 aromatic rings. The fraction of sp³-hybridized carbons (Fsp3) is 0.567. The smallest absolute Gasteiger partial charge is 0.344 e. The van der Waals surface area contributed by atoms with E-state index < -0.39 is 111 Å². The molecule has 560 valence electrons. The van der Waals surface area contributed by atoms with Crippen LogP contribution in [-0.4, -0.2) is 294 Å². The van der Waals surface area contributed by atoms with E-state index in [2.05, 4.69) is 52.8 Å². The van der Waals surface area contributed by atoms with Crippen molar-refractivity contribution < 1.29 is 93.5 Å². The van der Waals surface area contributed by atoms with Gasteiger partial charge in [0, 0.05) is 137 Å². The van der Waals surface area contributed by atoms with E-state index in [4.69, 9.17) is 15.6 Å². The number of phenolic OH excluding ortho intramolecular Hbond substituents is 1. The summed E-state index contributed by atoms with van der Waals surface area (Å²) in [7, 11) is 0. The molecule has 34 heteroatoms. The van der Waals surface area contributed by atoms with Crippen molar-refractivity contribution in [2.75, 3.05) is 138 Å². The Labute approximate surface area is 587 Å². The topological polar surface area (TPSA) is 501 Å². The number of carboxylic acids is 3. The number of benzene rings is 3. The number of hydrogen-bond acceptors (Lipinski definition) is 21. The molecule has 1 heterocycles. The molecule has 1 unspecified atom stereocenters. The number of hydrogen-bond donors (Lipinski definition) is 18. The van der Waals surface area contributed by atoms with Gasteiger partial charge in [-0.3, -0.25) is 62.8 Å². The number of carbonyl (C=O) groups excluding carboxylic acids is 7. The second-order valence-corrected chi connectivity index (χ2v) is 24.3. The highest BCUT2D eigenvalue weighted by Crippen LogP contribution is 2.28. The first-order chi connectivity index (χ1) is 48.4. The first-order valence-electron chi connectivity index (χ1n) is 33.9. The highest BCUT2D eigenvalue weighted by molar-refractivity contribution is 5.92. The quantitative estimate of drug-likeness (QED) is 0.0151. The van der Waals surface area contributed by atoms with Gasteiger partial charge in [0.05, 0.1) is 50.9 Å². The molecule has 1 saturated heterocycles. The Kier molecular flexibility index (Phi) is 39.9. The van der Waals surface area contributed by atoms with E-state index in [0.717, 1.165) is 11.1 Å². The van der Waals surface area contributed by atoms with E-state index in [9.17, 15) is 83.7 Å². The molecule has 0 bridgehead atoms. The van der Waals surface area contributed by atoms with Crippen molar-refractivity contribution >= 4 is 65.3 Å². The average Bonchev–Trinajstić information content (AvgIpc) is 0.820. The molecule has 0 saturated carbocycles. The van der Waals surface area contributed by atoms with Gasteiger partial charge in [0.2, 0.25) is 35.4 Å². The van der Waals surface area contributed by atoms with Crippen molar-refractivity contribution in [3.63, 3.8) is 0 Å². The third kappa shape index (κ3) is 36.2. The molecule has 0 radical (unpaired) electrons. The molecule has 0 aliphatic carbocycles. The minimum absolute atomic E-state index is 0.0929. The predicted octanol–water partition coefficient (Wildman–Crippen LogP) is -3.18. The van der Waals surface area contributed by atoms with E-state index in [1.807, 2.05) is 36.4 Å². The Bertz CT molecular complexity index is 3050. The summed E-state index contributed by atoms with van der Waals surface area (Å²) in [4.78, 5) is 138. The molecule has 8 amide bonds. The summed E-state index contributed by atoms with van der Waals surface area (Å²) in [6, 6.07) is 20.8. The maximum absolute atomic E-state index is 14.6. The molecule has 101 heavy (non-hydrogen) atoms. The molecule has 3 aromatic carbocycles. The minimum Gasteiger partial charge on any atom is -0.508 e. The van der Waals surface area contributed by atoms with E-state index in [-0.39, 0.29) is 147 Å². The number of aliphatic carboxylic acids is 3. The second kappa shape index (κ2) is 47.8. The van der Waals surface area contributed by atoms with Crippen LogP contribution >= 0.6 is 0 Å². The van der Waals surface area contributed by atoms with Gasteiger partial charge in [-0.05, 0) is 79.5 Å². The average molecular weight is 1420 g/mol. The minimum atomic E-state index is -1.71. The van der Waals surface area contributed by atoms with Gasteiger partial charge in [-0.1, -0.05) is 61.5 Å². The van der Waals surface area contributed by atoms with Gasteiger partial charge < -0.3 is 99.2 Å². The van der Waals surface area contributed by atoms with Gasteiger partial charge in [0.1, 0.15) is 23.6 Å². The summed E-state index contributed by atoms with van der Waals surface area (Å²) >= 11 is 0. The lowest BCUT2D eigenvalue weighted by Crippen LogP contribution is -2.52. The Morgan fingerprint density at radius 2 is 1.12 bits per heavy atom. The maximum Gasteiger partial charge on any atom is 0.344 e. The molecule has 1 aliphatic rings. The van der Waals surface area contributed by atoms with Crippen molar-refractivity contribution in [3.8, 4) is 11.5 Å². The SMILES string of the molecule is CCC(=O)NCCNC(=O)/N=C(/N)NCCC[C@H](CNCc1ccc(O)cc1)NC(=O)C(c1ccccc1)c1cccc(OCCCCNC(=O)CCNC(=O)[C@H](CCC(=O)NC[C@H](O)[C@@H](O)[C@H](O)CCO)NC(=O)CN2CCN(CC(=O)O)CCN(CC(=O)O)CCN(CC(=O)O)CC2)c1. The summed E-state index contributed by atoms with van der Waals surface area (Å²) in [5.41, 5.74) is 8.30. The number of ether oxygens (including phenoxy) is 1. The summed E-state index contributed by atoms with van der Waals surface area (Å²) < 4.78 is 6.15. The monoisotopic (exact) mass is 1420 g/mol. The van der Waals surface area contributed by atoms with Crippen LogP contribution in [0.1, 0.15) is 87.3 Å². The lowest BCUT2D eigenvalue weighted by atomic mass is 9.90. The van der Waals surface area contributed by atoms with Gasteiger partial charge in [-0.2, -0.15) is 4.99 Å². The van der Waals surface area contributed by atoms with Gasteiger partial charge in [-0.25, -0.2) is 4.79 Å². The number of urea groups is 1. The number of nitrogens with one attached hydrogen (secondary N) is 9. The zero-order valence-corrected chi connectivity index (χ0v) is 57.3. The molecule has 19 N–H and O–H groups in total. The highest BCUT2D eigenvalue weighted by Gasteiger charge is 2.29. The molecule has 1 aliphatic heterocycles. The van der Waals surface area contributed by atoms with Crippen molar-refractivity contribution in [2.45, 2.75) is 108 Å². The number of aliphatic hydroxyl groups excluding tert-OH is 4. The van der Waals surface area contributed by atoms with Crippen LogP contribution in [0.15, 0.2) is 83.9 Å². The number of unbranched alkanes of at least 4 members (excludes halogenated alkanes) is 1. The first-order valence-corrected chi connectivity index (χ1v) is 33.9. The molecule has 1 fully saturated rings. The number of guanidine groups is 1. The van der Waals surface area contributed by atoms with Crippen LogP contribution in [-0.2, 0) is 49.7 Å². The van der Waals surface area contributed by atoms with Crippen LogP contribution in [0, 0.1) is 0 Å². The standard InChI is InChI=1S/C67H103N15O19/c1-2-55(87)71-26-27-74-67(100)78-66(68)73-24-9-13-49(40-69-39-46-15-17-50(84)18-16-46)76-65(99)62(47-10-4-3-5-11-47)48-12-8-14-51(38-48)101-37-7-6-23-70-57(89)21-25-72-64(98)52(19-20-56(88)75-41-54(86)63(97)53(85)22-36-83)77-58(90)42-79-28-30-80(43-59(91)92)32-34-82(45-61(95)96)35-33-81(31-29-79)44-60(93)94/h3-5,8,10-12,14-18,38,49,52-54,62-63,69,83-86,97H,2,6-7,9,13,19-37,39-45H2,1H3,(H,70,89)(H,71,87)(H,72,98)(H,75,88)(H,76,99)(H,77,90)(H,91,92)(H,93,94)(H,95,96)(H4,68,73,74,78,100)/t49-,52+,53-,54+,62?,63+/m1/s1. The van der Waals surface area contributed by atoms with Crippen LogP contribution < -0.4 is 58.3 Å². The molecule has 0 aromatic heterocycles. The van der Waals surface area contributed by atoms with Crippen molar-refractivity contribution in [2.24, 2.45) is 10.7 Å². The molecule has 4 rings (SSSR count). The molecular weight excluding hydrogens is 1320 g/mol. The third-order valence-corrected chi connectivity index (χ3v) is 16.1. The Balaban J connectivity index is 1.35. The van der Waals surface area contributed by atoms with Crippen LogP contribution in [0.4, 0.5) is 4.79 Å². The lowest BCUT2D eigenvalue weighted by Gasteiger charge is -2.33. The van der Waals surface area contributed by atoms with Crippen LogP contribution in [0.3, 0.4) is 0 Å². The largest absolute Gasteiger partial charge is 0.508 e. The normalized spacial score (nSPS) is 15.5. The molecular formula is C67H103N15O19. The molecule has 0 spiro atoms. The highest BCUT2D eigenvalue weighted by atomic mass is 16.5. The summed E-state index contributed by atoms with van der Waals surface area (Å²) in [5, 5.41) is 104. The Morgan fingerprint density at radius 3 is 1.72 bits per heavy atom. The fourth-order valence-electron chi connectivity index (χ4n) is 10.6. The summed E-state index contributed by atoms with van der Waals surface area (Å²) in [6.45, 7) is 2.06. The van der Waals surface area contributed by atoms with E-state index in [1.165, 1.54) is 0 Å². The lowest BCUT2D eigenvalue weighted by molar-refractivity contribution is -0.140. The number of carboxylic acid groups (broad SMARTS) is 3.